The van der Waals surface area contributed by atoms with E-state index in [9.17, 15) is 20.4 Å². The summed E-state index contributed by atoms with van der Waals surface area (Å²) < 4.78 is 15.6. The molecule has 3 unspecified atom stereocenters. The molecule has 118 valence electrons. The van der Waals surface area contributed by atoms with Crippen LogP contribution in [0, 0.1) is 0 Å². The molecule has 0 bridgehead atoms. The van der Waals surface area contributed by atoms with Crippen molar-refractivity contribution in [3.8, 4) is 17.2 Å². The minimum Gasteiger partial charge on any atom is -0.508 e. The standard InChI is InChI=1S/C13H18O8/c1-19-8-4-6(15)2-3-7(8)20-13-12(18)11(17)10(16)9(5-14)21-13/h2-4,9-18H,5H2,1H3/t9?,10?,11-,12+,13?/m0/s1. The van der Waals surface area contributed by atoms with E-state index >= 15 is 0 Å². The van der Waals surface area contributed by atoms with E-state index in [4.69, 9.17) is 19.3 Å². The Kier molecular flexibility index (Phi) is 4.86. The fraction of sp³-hybridized carbons (Fsp3) is 0.538. The highest BCUT2D eigenvalue weighted by Crippen LogP contribution is 2.33. The molecular weight excluding hydrogens is 284 g/mol. The quantitative estimate of drug-likeness (QED) is 0.458. The predicted molar refractivity (Wildman–Crippen MR) is 69.1 cm³/mol. The fourth-order valence-corrected chi connectivity index (χ4v) is 2.04. The van der Waals surface area contributed by atoms with E-state index in [1.807, 2.05) is 0 Å². The third-order valence-corrected chi connectivity index (χ3v) is 3.24. The number of aromatic hydroxyl groups is 1. The minimum absolute atomic E-state index is 0.0343. The van der Waals surface area contributed by atoms with Crippen LogP contribution in [0.5, 0.6) is 17.2 Å². The Morgan fingerprint density at radius 1 is 1.10 bits per heavy atom. The highest BCUT2D eigenvalue weighted by Gasteiger charge is 2.44. The highest BCUT2D eigenvalue weighted by atomic mass is 16.7. The van der Waals surface area contributed by atoms with E-state index in [1.54, 1.807) is 0 Å². The molecular formula is C13H18O8. The predicted octanol–water partition coefficient (Wildman–Crippen LogP) is -1.42. The second kappa shape index (κ2) is 6.46. The first-order valence-electron chi connectivity index (χ1n) is 6.32. The normalized spacial score (nSPS) is 32.7. The van der Waals surface area contributed by atoms with Crippen LogP contribution in [-0.2, 0) is 4.74 Å². The van der Waals surface area contributed by atoms with Gasteiger partial charge in [-0.05, 0) is 12.1 Å². The lowest BCUT2D eigenvalue weighted by atomic mass is 9.99. The Morgan fingerprint density at radius 2 is 1.81 bits per heavy atom. The maximum absolute atomic E-state index is 9.87. The summed E-state index contributed by atoms with van der Waals surface area (Å²) in [6.45, 7) is -0.544. The molecule has 1 aromatic rings. The van der Waals surface area contributed by atoms with Crippen LogP contribution in [0.3, 0.4) is 0 Å². The number of aliphatic hydroxyl groups excluding tert-OH is 4. The van der Waals surface area contributed by atoms with E-state index in [2.05, 4.69) is 0 Å². The molecule has 0 radical (unpaired) electrons. The van der Waals surface area contributed by atoms with Gasteiger partial charge in [0.25, 0.3) is 0 Å². The summed E-state index contributed by atoms with van der Waals surface area (Å²) in [5.41, 5.74) is 0. The van der Waals surface area contributed by atoms with Gasteiger partial charge in [-0.1, -0.05) is 0 Å². The molecule has 1 fully saturated rings. The van der Waals surface area contributed by atoms with Crippen LogP contribution in [0.25, 0.3) is 0 Å². The first-order valence-corrected chi connectivity index (χ1v) is 6.32. The number of hydrogen-bond acceptors (Lipinski definition) is 8. The van der Waals surface area contributed by atoms with Crippen molar-refractivity contribution in [3.05, 3.63) is 18.2 Å². The third-order valence-electron chi connectivity index (χ3n) is 3.24. The summed E-state index contributed by atoms with van der Waals surface area (Å²) >= 11 is 0. The first kappa shape index (κ1) is 15.8. The van der Waals surface area contributed by atoms with Gasteiger partial charge in [0.1, 0.15) is 30.2 Å². The van der Waals surface area contributed by atoms with Crippen LogP contribution < -0.4 is 9.47 Å². The minimum atomic E-state index is -1.52. The average Bonchev–Trinajstić information content (AvgIpc) is 2.49. The number of methoxy groups -OCH3 is 1. The Hall–Kier alpha value is -1.58. The zero-order valence-corrected chi connectivity index (χ0v) is 11.3. The maximum Gasteiger partial charge on any atom is 0.229 e. The Balaban J connectivity index is 2.18. The molecule has 1 aliphatic rings. The zero-order valence-electron chi connectivity index (χ0n) is 11.3. The van der Waals surface area contributed by atoms with Crippen LogP contribution in [0.1, 0.15) is 0 Å². The fourth-order valence-electron chi connectivity index (χ4n) is 2.04. The van der Waals surface area contributed by atoms with Gasteiger partial charge in [0.15, 0.2) is 11.5 Å². The number of phenolic OH excluding ortho intramolecular Hbond substituents is 1. The van der Waals surface area contributed by atoms with Crippen LogP contribution >= 0.6 is 0 Å². The van der Waals surface area contributed by atoms with E-state index < -0.39 is 37.3 Å². The molecule has 1 aliphatic heterocycles. The number of hydrogen-bond donors (Lipinski definition) is 5. The summed E-state index contributed by atoms with van der Waals surface area (Å²) in [5, 5.41) is 47.7. The second-order valence-corrected chi connectivity index (χ2v) is 4.65. The Bertz CT molecular complexity index is 477. The van der Waals surface area contributed by atoms with Gasteiger partial charge < -0.3 is 39.7 Å². The largest absolute Gasteiger partial charge is 0.508 e. The van der Waals surface area contributed by atoms with Crippen molar-refractivity contribution >= 4 is 0 Å². The molecule has 0 aromatic heterocycles. The van der Waals surface area contributed by atoms with Crippen molar-refractivity contribution in [1.82, 2.24) is 0 Å². The van der Waals surface area contributed by atoms with Gasteiger partial charge in [-0.15, -0.1) is 0 Å². The third kappa shape index (κ3) is 3.20. The zero-order chi connectivity index (χ0) is 15.6. The van der Waals surface area contributed by atoms with Gasteiger partial charge >= 0.3 is 0 Å². The van der Waals surface area contributed by atoms with Crippen molar-refractivity contribution in [2.45, 2.75) is 30.7 Å². The highest BCUT2D eigenvalue weighted by molar-refractivity contribution is 5.45. The number of aliphatic hydroxyl groups is 4. The van der Waals surface area contributed by atoms with Gasteiger partial charge in [-0.25, -0.2) is 0 Å². The van der Waals surface area contributed by atoms with E-state index in [0.717, 1.165) is 0 Å². The summed E-state index contributed by atoms with van der Waals surface area (Å²) in [7, 11) is 1.37. The number of rotatable bonds is 4. The molecule has 5 atom stereocenters. The van der Waals surface area contributed by atoms with Crippen molar-refractivity contribution < 1.29 is 39.7 Å². The molecule has 21 heavy (non-hydrogen) atoms. The summed E-state index contributed by atoms with van der Waals surface area (Å²) in [6, 6.07) is 4.05. The molecule has 0 spiro atoms. The van der Waals surface area contributed by atoms with E-state index in [1.165, 1.54) is 25.3 Å². The van der Waals surface area contributed by atoms with Gasteiger partial charge in [0.2, 0.25) is 6.29 Å². The van der Waals surface area contributed by atoms with Gasteiger partial charge in [0, 0.05) is 6.07 Å². The monoisotopic (exact) mass is 302 g/mol. The van der Waals surface area contributed by atoms with E-state index in [0.29, 0.717) is 0 Å². The smallest absolute Gasteiger partial charge is 0.229 e. The molecule has 1 saturated heterocycles. The molecule has 0 aliphatic carbocycles. The second-order valence-electron chi connectivity index (χ2n) is 4.65. The lowest BCUT2D eigenvalue weighted by molar-refractivity contribution is -0.277. The Morgan fingerprint density at radius 3 is 2.43 bits per heavy atom. The molecule has 0 amide bonds. The molecule has 5 N–H and O–H groups in total. The molecule has 8 heteroatoms. The first-order chi connectivity index (χ1) is 9.97. The lowest BCUT2D eigenvalue weighted by Crippen LogP contribution is -2.60. The van der Waals surface area contributed by atoms with Crippen molar-refractivity contribution in [1.29, 1.82) is 0 Å². The van der Waals surface area contributed by atoms with Crippen LogP contribution in [-0.4, -0.2) is 70.0 Å². The Labute approximate surface area is 120 Å². The van der Waals surface area contributed by atoms with Crippen LogP contribution in [0.15, 0.2) is 18.2 Å². The summed E-state index contributed by atoms with van der Waals surface area (Å²) in [4.78, 5) is 0. The molecule has 8 nitrogen and oxygen atoms in total. The maximum atomic E-state index is 9.87. The molecule has 2 rings (SSSR count). The molecule has 1 aromatic carbocycles. The molecule has 1 heterocycles. The average molecular weight is 302 g/mol. The van der Waals surface area contributed by atoms with E-state index in [-0.39, 0.29) is 17.2 Å². The summed E-state index contributed by atoms with van der Waals surface area (Å²) in [5.74, 6) is 0.333. The van der Waals surface area contributed by atoms with Crippen molar-refractivity contribution in [2.24, 2.45) is 0 Å². The van der Waals surface area contributed by atoms with Gasteiger partial charge in [-0.2, -0.15) is 0 Å². The topological polar surface area (TPSA) is 129 Å². The van der Waals surface area contributed by atoms with Crippen molar-refractivity contribution in [2.75, 3.05) is 13.7 Å². The lowest BCUT2D eigenvalue weighted by Gasteiger charge is -2.39. The SMILES string of the molecule is COc1cc(O)ccc1OC1OC(CO)C(O)[C@H](O)[C@H]1O. The number of benzene rings is 1. The van der Waals surface area contributed by atoms with Gasteiger partial charge in [-0.3, -0.25) is 0 Å². The summed E-state index contributed by atoms with van der Waals surface area (Å²) in [6.07, 6.45) is -6.85. The molecule has 0 saturated carbocycles. The van der Waals surface area contributed by atoms with Crippen LogP contribution in [0.4, 0.5) is 0 Å². The van der Waals surface area contributed by atoms with Crippen molar-refractivity contribution in [3.63, 3.8) is 0 Å². The van der Waals surface area contributed by atoms with Gasteiger partial charge in [0.05, 0.1) is 13.7 Å². The number of ether oxygens (including phenoxy) is 3. The number of phenols is 1. The van der Waals surface area contributed by atoms with Crippen LogP contribution in [0.2, 0.25) is 0 Å².